The molecule has 0 saturated heterocycles. The summed E-state index contributed by atoms with van der Waals surface area (Å²) in [6, 6.07) is 0.522. The number of alkyl halides is 2. The Morgan fingerprint density at radius 3 is 2.90 bits per heavy atom. The third-order valence-corrected chi connectivity index (χ3v) is 6.99. The Bertz CT molecular complexity index is 551. The first kappa shape index (κ1) is 15.2. The molecule has 21 heavy (non-hydrogen) atoms. The maximum atomic E-state index is 13.6. The molecule has 3 atom stereocenters. The molecule has 3 aliphatic rings. The number of allylic oxidation sites excluding steroid dienone is 2. The molecule has 0 spiro atoms. The maximum absolute atomic E-state index is 13.6. The number of nitrogens with one attached hydrogen (secondary N) is 1. The first-order valence-corrected chi connectivity index (χ1v) is 9.42. The standard InChI is InChI=1S/C14H19F2IN4/c1-8(16)10(5-15)11-4-14(17-13(20-11)7-18-2)21-12-3-9(12)6-19-21/h6,9,12,14,18H,3-5,7H2,1-2H3/b10-8-/t9-,12-,14?/m0/s1. The summed E-state index contributed by atoms with van der Waals surface area (Å²) < 4.78 is 28.0. The predicted molar refractivity (Wildman–Crippen MR) is 90.8 cm³/mol. The summed E-state index contributed by atoms with van der Waals surface area (Å²) in [5, 5.41) is 9.76. The number of hydrogen-bond acceptors (Lipinski definition) is 4. The van der Waals surface area contributed by atoms with Gasteiger partial charge in [0, 0.05) is 30.7 Å². The second-order valence-electron chi connectivity index (χ2n) is 5.47. The number of rotatable bonds is 5. The van der Waals surface area contributed by atoms with Gasteiger partial charge in [0.05, 0.1) is 15.4 Å². The molecule has 1 saturated carbocycles. The summed E-state index contributed by atoms with van der Waals surface area (Å²) in [7, 11) is 1.87. The number of fused-ring (bicyclic) bond motifs is 1. The molecular formula is C14H19F2IN4. The number of halogens is 3. The van der Waals surface area contributed by atoms with E-state index in [4.69, 9.17) is 0 Å². The van der Waals surface area contributed by atoms with Gasteiger partial charge in [-0.2, -0.15) is 5.10 Å². The molecule has 1 fully saturated rings. The monoisotopic (exact) mass is 408 g/mol. The van der Waals surface area contributed by atoms with Crippen molar-refractivity contribution < 1.29 is 8.78 Å². The first-order chi connectivity index (χ1) is 10.1. The molecule has 0 radical (unpaired) electrons. The Morgan fingerprint density at radius 1 is 1.57 bits per heavy atom. The van der Waals surface area contributed by atoms with Crippen LogP contribution < -0.4 is 5.32 Å². The third kappa shape index (κ3) is 3.08. The van der Waals surface area contributed by atoms with E-state index in [2.05, 4.69) is 20.4 Å². The predicted octanol–water partition coefficient (Wildman–Crippen LogP) is 2.38. The molecule has 0 bridgehead atoms. The SMILES string of the molecule is CNCC1=IC(N2N=C[C@@H]3C[C@@H]32)CC(/C(CF)=C(/C)F)=N1. The van der Waals surface area contributed by atoms with Crippen LogP contribution in [0.2, 0.25) is 0 Å². The minimum absolute atomic E-state index is 0.118. The third-order valence-electron chi connectivity index (χ3n) is 3.91. The molecule has 2 heterocycles. The van der Waals surface area contributed by atoms with Crippen molar-refractivity contribution in [3.63, 3.8) is 0 Å². The molecule has 3 rings (SSSR count). The Hall–Kier alpha value is -0.700. The van der Waals surface area contributed by atoms with E-state index in [1.165, 1.54) is 13.3 Å². The molecule has 7 heteroatoms. The highest BCUT2D eigenvalue weighted by Gasteiger charge is 2.47. The second kappa shape index (κ2) is 6.20. The van der Waals surface area contributed by atoms with E-state index in [0.29, 0.717) is 30.6 Å². The summed E-state index contributed by atoms with van der Waals surface area (Å²) >= 11 is -0.304. The van der Waals surface area contributed by atoms with Crippen LogP contribution in [0.5, 0.6) is 0 Å². The second-order valence-corrected chi connectivity index (χ2v) is 8.78. The van der Waals surface area contributed by atoms with Crippen molar-refractivity contribution in [1.82, 2.24) is 10.3 Å². The molecule has 0 aromatic rings. The molecule has 1 unspecified atom stereocenters. The lowest BCUT2D eigenvalue weighted by atomic mass is 10.1. The molecule has 0 aromatic carbocycles. The molecule has 116 valence electrons. The number of hydrazone groups is 1. The Morgan fingerprint density at radius 2 is 2.38 bits per heavy atom. The zero-order valence-electron chi connectivity index (χ0n) is 12.1. The van der Waals surface area contributed by atoms with E-state index in [0.717, 1.165) is 3.63 Å². The average Bonchev–Trinajstić information content (AvgIpc) is 3.10. The normalized spacial score (nSPS) is 32.0. The van der Waals surface area contributed by atoms with E-state index in [1.54, 1.807) is 0 Å². The first-order valence-electron chi connectivity index (χ1n) is 7.09. The topological polar surface area (TPSA) is 40.0 Å². The van der Waals surface area contributed by atoms with E-state index in [9.17, 15) is 8.78 Å². The Kier molecular flexibility index (Phi) is 4.49. The largest absolute Gasteiger partial charge is 0.314 e. The van der Waals surface area contributed by atoms with Gasteiger partial charge < -0.3 is 5.32 Å². The van der Waals surface area contributed by atoms with Gasteiger partial charge in [-0.3, -0.25) is 10.0 Å². The van der Waals surface area contributed by atoms with Gasteiger partial charge in [-0.1, -0.05) is 20.7 Å². The van der Waals surface area contributed by atoms with Crippen LogP contribution in [0.25, 0.3) is 0 Å². The van der Waals surface area contributed by atoms with E-state index < -0.39 is 12.5 Å². The van der Waals surface area contributed by atoms with Gasteiger partial charge in [0.2, 0.25) is 0 Å². The fraction of sp³-hybridized carbons (Fsp3) is 0.643. The quantitative estimate of drug-likeness (QED) is 0.431. The van der Waals surface area contributed by atoms with Crippen LogP contribution >= 0.6 is 20.7 Å². The van der Waals surface area contributed by atoms with Crippen molar-refractivity contribution in [1.29, 1.82) is 0 Å². The van der Waals surface area contributed by atoms with Crippen LogP contribution in [0.4, 0.5) is 8.78 Å². The van der Waals surface area contributed by atoms with Crippen LogP contribution in [0.1, 0.15) is 19.8 Å². The smallest absolute Gasteiger partial charge is 0.119 e. The molecule has 1 aliphatic carbocycles. The minimum Gasteiger partial charge on any atom is -0.314 e. The van der Waals surface area contributed by atoms with Crippen molar-refractivity contribution in [2.24, 2.45) is 16.0 Å². The summed E-state index contributed by atoms with van der Waals surface area (Å²) in [4.78, 5) is 4.53. The Labute approximate surface area is 133 Å². The van der Waals surface area contributed by atoms with Crippen molar-refractivity contribution >= 4 is 36.3 Å². The van der Waals surface area contributed by atoms with Crippen LogP contribution in [-0.2, 0) is 0 Å². The summed E-state index contributed by atoms with van der Waals surface area (Å²) in [6.45, 7) is 1.19. The number of aliphatic imine (C=N–C) groups is 1. The highest BCUT2D eigenvalue weighted by atomic mass is 127. The number of nitrogens with zero attached hydrogens (tertiary/aromatic N) is 3. The molecular weight excluding hydrogens is 389 g/mol. The van der Waals surface area contributed by atoms with Crippen molar-refractivity contribution in [2.45, 2.75) is 29.9 Å². The fourth-order valence-electron chi connectivity index (χ4n) is 2.68. The summed E-state index contributed by atoms with van der Waals surface area (Å²) in [5.74, 6) is 0.135. The van der Waals surface area contributed by atoms with Crippen molar-refractivity contribution in [3.05, 3.63) is 11.4 Å². The number of hydrogen-bond donors (Lipinski definition) is 1. The summed E-state index contributed by atoms with van der Waals surface area (Å²) in [5.41, 5.74) is 0.686. The highest BCUT2D eigenvalue weighted by Crippen LogP contribution is 2.43. The lowest BCUT2D eigenvalue weighted by molar-refractivity contribution is 0.283. The van der Waals surface area contributed by atoms with E-state index in [-0.39, 0.29) is 30.4 Å². The van der Waals surface area contributed by atoms with E-state index >= 15 is 0 Å². The van der Waals surface area contributed by atoms with Crippen molar-refractivity contribution in [2.75, 3.05) is 20.3 Å². The van der Waals surface area contributed by atoms with Gasteiger partial charge in [-0.25, -0.2) is 8.78 Å². The van der Waals surface area contributed by atoms with Crippen LogP contribution in [0, 0.1) is 5.92 Å². The minimum atomic E-state index is -0.797. The van der Waals surface area contributed by atoms with Gasteiger partial charge in [0.25, 0.3) is 0 Å². The van der Waals surface area contributed by atoms with Crippen LogP contribution in [0.15, 0.2) is 21.5 Å². The summed E-state index contributed by atoms with van der Waals surface area (Å²) in [6.07, 6.45) is 3.80. The Balaban J connectivity index is 1.86. The lowest BCUT2D eigenvalue weighted by Gasteiger charge is -2.28. The number of likely N-dealkylation sites (N-methyl/N-ethyl adjacent to an activating group) is 1. The van der Waals surface area contributed by atoms with Crippen molar-refractivity contribution in [3.8, 4) is 0 Å². The molecule has 2 aliphatic heterocycles. The molecule has 1 N–H and O–H groups in total. The van der Waals surface area contributed by atoms with Gasteiger partial charge >= 0.3 is 0 Å². The lowest BCUT2D eigenvalue weighted by Crippen LogP contribution is -2.34. The highest BCUT2D eigenvalue weighted by molar-refractivity contribution is 14.2. The maximum Gasteiger partial charge on any atom is 0.119 e. The molecule has 0 amide bonds. The van der Waals surface area contributed by atoms with Crippen LogP contribution in [0.3, 0.4) is 0 Å². The molecule has 4 nitrogen and oxygen atoms in total. The molecule has 0 aromatic heterocycles. The van der Waals surface area contributed by atoms with Gasteiger partial charge in [0.15, 0.2) is 0 Å². The zero-order valence-corrected chi connectivity index (χ0v) is 14.3. The zero-order chi connectivity index (χ0) is 15.0. The van der Waals surface area contributed by atoms with Gasteiger partial charge in [0.1, 0.15) is 16.6 Å². The van der Waals surface area contributed by atoms with Gasteiger partial charge in [-0.05, 0) is 20.4 Å². The van der Waals surface area contributed by atoms with Crippen LogP contribution in [-0.4, -0.2) is 50.9 Å². The fourth-order valence-corrected chi connectivity index (χ4v) is 6.02. The van der Waals surface area contributed by atoms with E-state index in [1.807, 2.05) is 13.3 Å². The van der Waals surface area contributed by atoms with Gasteiger partial charge in [-0.15, -0.1) is 0 Å². The average molecular weight is 408 g/mol.